The summed E-state index contributed by atoms with van der Waals surface area (Å²) in [6, 6.07) is 6.68. The standard InChI is InChI=1S/C13H9BrO5/c1-2-18-12(16)9-10(15)13(17)19-11(9)7-3-5-8(14)6-4-7/h3-6H,2H2,1H3. The highest BCUT2D eigenvalue weighted by Crippen LogP contribution is 2.28. The van der Waals surface area contributed by atoms with Gasteiger partial charge in [-0.1, -0.05) is 28.1 Å². The number of ether oxygens (including phenoxy) is 2. The first-order chi connectivity index (χ1) is 9.04. The number of hydrogen-bond acceptors (Lipinski definition) is 5. The minimum absolute atomic E-state index is 0.0547. The van der Waals surface area contributed by atoms with Crippen molar-refractivity contribution in [1.82, 2.24) is 0 Å². The Bertz CT molecular complexity index is 586. The molecule has 1 aliphatic heterocycles. The molecule has 98 valence electrons. The van der Waals surface area contributed by atoms with E-state index in [1.54, 1.807) is 31.2 Å². The highest BCUT2D eigenvalue weighted by molar-refractivity contribution is 9.10. The number of benzene rings is 1. The number of ketones is 1. The summed E-state index contributed by atoms with van der Waals surface area (Å²) in [6.45, 7) is 1.72. The van der Waals surface area contributed by atoms with Crippen molar-refractivity contribution < 1.29 is 23.9 Å². The summed E-state index contributed by atoms with van der Waals surface area (Å²) in [5, 5.41) is 0. The Labute approximate surface area is 117 Å². The maximum absolute atomic E-state index is 11.7. The van der Waals surface area contributed by atoms with Crippen LogP contribution in [0.25, 0.3) is 5.76 Å². The Kier molecular flexibility index (Phi) is 3.80. The lowest BCUT2D eigenvalue weighted by Crippen LogP contribution is -2.17. The van der Waals surface area contributed by atoms with Gasteiger partial charge in [-0.2, -0.15) is 0 Å². The van der Waals surface area contributed by atoms with Crippen LogP contribution in [0.5, 0.6) is 0 Å². The van der Waals surface area contributed by atoms with Gasteiger partial charge in [0.1, 0.15) is 0 Å². The first kappa shape index (κ1) is 13.5. The lowest BCUT2D eigenvalue weighted by atomic mass is 10.1. The van der Waals surface area contributed by atoms with Crippen LogP contribution in [0.1, 0.15) is 12.5 Å². The summed E-state index contributed by atoms with van der Waals surface area (Å²) in [5.41, 5.74) is 0.111. The fraction of sp³-hybridized carbons (Fsp3) is 0.154. The van der Waals surface area contributed by atoms with Gasteiger partial charge in [-0.3, -0.25) is 4.79 Å². The van der Waals surface area contributed by atoms with E-state index in [9.17, 15) is 14.4 Å². The summed E-state index contributed by atoms with van der Waals surface area (Å²) in [5.74, 6) is -2.95. The predicted octanol–water partition coefficient (Wildman–Crippen LogP) is 1.85. The molecule has 1 aromatic carbocycles. The van der Waals surface area contributed by atoms with E-state index in [0.29, 0.717) is 5.56 Å². The van der Waals surface area contributed by atoms with E-state index in [-0.39, 0.29) is 17.9 Å². The topological polar surface area (TPSA) is 69.7 Å². The van der Waals surface area contributed by atoms with E-state index >= 15 is 0 Å². The Hall–Kier alpha value is -1.95. The number of carbonyl (C=O) groups is 3. The van der Waals surface area contributed by atoms with Gasteiger partial charge in [-0.25, -0.2) is 9.59 Å². The second-order valence-electron chi connectivity index (χ2n) is 3.65. The van der Waals surface area contributed by atoms with Gasteiger partial charge in [0.15, 0.2) is 11.3 Å². The summed E-state index contributed by atoms with van der Waals surface area (Å²) in [6.07, 6.45) is 0. The fourth-order valence-electron chi connectivity index (χ4n) is 1.59. The molecule has 19 heavy (non-hydrogen) atoms. The Balaban J connectivity index is 2.48. The predicted molar refractivity (Wildman–Crippen MR) is 68.8 cm³/mol. The highest BCUT2D eigenvalue weighted by atomic mass is 79.9. The number of halogens is 1. The van der Waals surface area contributed by atoms with Crippen LogP contribution < -0.4 is 0 Å². The minimum Gasteiger partial charge on any atom is -0.462 e. The molecule has 0 saturated heterocycles. The van der Waals surface area contributed by atoms with E-state index in [4.69, 9.17) is 9.47 Å². The molecule has 0 aromatic heterocycles. The summed E-state index contributed by atoms with van der Waals surface area (Å²) in [4.78, 5) is 34.7. The molecule has 0 saturated carbocycles. The molecule has 0 fully saturated rings. The molecule has 0 atom stereocenters. The Morgan fingerprint density at radius 3 is 2.47 bits per heavy atom. The summed E-state index contributed by atoms with van der Waals surface area (Å²) >= 11 is 3.26. The molecule has 2 rings (SSSR count). The first-order valence-corrected chi connectivity index (χ1v) is 6.27. The van der Waals surface area contributed by atoms with Crippen LogP contribution in [0, 0.1) is 0 Å². The zero-order chi connectivity index (χ0) is 14.0. The second kappa shape index (κ2) is 5.36. The number of rotatable bonds is 3. The van der Waals surface area contributed by atoms with Gasteiger partial charge in [0, 0.05) is 10.0 Å². The first-order valence-electron chi connectivity index (χ1n) is 5.48. The van der Waals surface area contributed by atoms with Crippen LogP contribution in [-0.4, -0.2) is 24.3 Å². The molecular weight excluding hydrogens is 316 g/mol. The molecule has 1 aromatic rings. The highest BCUT2D eigenvalue weighted by Gasteiger charge is 2.39. The number of cyclic esters (lactones) is 1. The second-order valence-corrected chi connectivity index (χ2v) is 4.57. The smallest absolute Gasteiger partial charge is 0.385 e. The van der Waals surface area contributed by atoms with Gasteiger partial charge in [-0.15, -0.1) is 0 Å². The lowest BCUT2D eigenvalue weighted by molar-refractivity contribution is -0.147. The van der Waals surface area contributed by atoms with Crippen LogP contribution in [0.15, 0.2) is 34.3 Å². The van der Waals surface area contributed by atoms with Crippen molar-refractivity contribution in [2.75, 3.05) is 6.61 Å². The number of carbonyl (C=O) groups excluding carboxylic acids is 3. The van der Waals surface area contributed by atoms with E-state index in [1.165, 1.54) is 0 Å². The molecule has 6 heteroatoms. The Morgan fingerprint density at radius 1 is 1.26 bits per heavy atom. The maximum Gasteiger partial charge on any atom is 0.385 e. The Morgan fingerprint density at radius 2 is 1.89 bits per heavy atom. The minimum atomic E-state index is -1.07. The maximum atomic E-state index is 11.7. The molecule has 1 aliphatic rings. The molecular formula is C13H9BrO5. The molecule has 0 N–H and O–H groups in total. The lowest BCUT2D eigenvalue weighted by Gasteiger charge is -2.04. The molecule has 1 heterocycles. The molecule has 0 amide bonds. The van der Waals surface area contributed by atoms with Crippen LogP contribution >= 0.6 is 15.9 Å². The van der Waals surface area contributed by atoms with Crippen LogP contribution in [0.2, 0.25) is 0 Å². The molecule has 5 nitrogen and oxygen atoms in total. The molecule has 0 unspecified atom stereocenters. The molecule has 0 aliphatic carbocycles. The third-order valence-corrected chi connectivity index (χ3v) is 2.95. The summed E-state index contributed by atoms with van der Waals surface area (Å²) in [7, 11) is 0. The average molecular weight is 325 g/mol. The van der Waals surface area contributed by atoms with Crippen molar-refractivity contribution in [3.05, 3.63) is 39.9 Å². The van der Waals surface area contributed by atoms with Gasteiger partial charge >= 0.3 is 11.9 Å². The fourth-order valence-corrected chi connectivity index (χ4v) is 1.85. The van der Waals surface area contributed by atoms with Crippen molar-refractivity contribution in [3.8, 4) is 0 Å². The third kappa shape index (κ3) is 2.58. The monoisotopic (exact) mass is 324 g/mol. The largest absolute Gasteiger partial charge is 0.462 e. The van der Waals surface area contributed by atoms with E-state index < -0.39 is 17.7 Å². The van der Waals surface area contributed by atoms with E-state index in [1.807, 2.05) is 0 Å². The zero-order valence-corrected chi connectivity index (χ0v) is 11.5. The summed E-state index contributed by atoms with van der Waals surface area (Å²) < 4.78 is 10.4. The van der Waals surface area contributed by atoms with Crippen LogP contribution in [0.3, 0.4) is 0 Å². The quantitative estimate of drug-likeness (QED) is 0.482. The van der Waals surface area contributed by atoms with Crippen molar-refractivity contribution in [2.45, 2.75) is 6.92 Å². The van der Waals surface area contributed by atoms with Gasteiger partial charge in [0.25, 0.3) is 5.78 Å². The van der Waals surface area contributed by atoms with Crippen molar-refractivity contribution in [1.29, 1.82) is 0 Å². The van der Waals surface area contributed by atoms with Gasteiger partial charge < -0.3 is 9.47 Å². The molecule has 0 radical (unpaired) electrons. The number of hydrogen-bond donors (Lipinski definition) is 0. The van der Waals surface area contributed by atoms with Crippen LogP contribution in [0.4, 0.5) is 0 Å². The van der Waals surface area contributed by atoms with Gasteiger partial charge in [-0.05, 0) is 19.1 Å². The average Bonchev–Trinajstić information content (AvgIpc) is 2.67. The zero-order valence-electron chi connectivity index (χ0n) is 9.94. The van der Waals surface area contributed by atoms with Crippen molar-refractivity contribution in [3.63, 3.8) is 0 Å². The SMILES string of the molecule is CCOC(=O)C1=C(c2ccc(Br)cc2)OC(=O)C1=O. The number of Topliss-reactive ketones (excluding diaryl/α,β-unsaturated/α-hetero) is 1. The normalized spacial score (nSPS) is 14.6. The van der Waals surface area contributed by atoms with Gasteiger partial charge in [0.05, 0.1) is 6.61 Å². The van der Waals surface area contributed by atoms with Crippen molar-refractivity contribution >= 4 is 39.4 Å². The van der Waals surface area contributed by atoms with Crippen LogP contribution in [-0.2, 0) is 23.9 Å². The molecule has 0 bridgehead atoms. The van der Waals surface area contributed by atoms with Crippen molar-refractivity contribution in [2.24, 2.45) is 0 Å². The van der Waals surface area contributed by atoms with Gasteiger partial charge in [0.2, 0.25) is 0 Å². The number of esters is 2. The van der Waals surface area contributed by atoms with E-state index in [2.05, 4.69) is 15.9 Å². The third-order valence-electron chi connectivity index (χ3n) is 2.42. The molecule has 0 spiro atoms. The van der Waals surface area contributed by atoms with E-state index in [0.717, 1.165) is 4.47 Å².